The molecule has 0 amide bonds. The van der Waals surface area contributed by atoms with Gasteiger partial charge in [-0.2, -0.15) is 0 Å². The van der Waals surface area contributed by atoms with E-state index in [9.17, 15) is 5.11 Å². The van der Waals surface area contributed by atoms with Gasteiger partial charge in [0.15, 0.2) is 0 Å². The third-order valence-electron chi connectivity index (χ3n) is 3.21. The Labute approximate surface area is 87.5 Å². The van der Waals surface area contributed by atoms with Crippen LogP contribution in [0.1, 0.15) is 33.1 Å². The molecule has 1 rings (SSSR count). The van der Waals surface area contributed by atoms with Gasteiger partial charge in [0.2, 0.25) is 0 Å². The third kappa shape index (κ3) is 2.69. The molecule has 2 atom stereocenters. The molecule has 0 heterocycles. The third-order valence-corrected chi connectivity index (χ3v) is 3.21. The second-order valence-corrected chi connectivity index (χ2v) is 5.10. The van der Waals surface area contributed by atoms with Gasteiger partial charge in [0.25, 0.3) is 0 Å². The molecule has 1 aliphatic carbocycles. The van der Waals surface area contributed by atoms with Crippen LogP contribution in [-0.2, 0) is 0 Å². The van der Waals surface area contributed by atoms with Crippen LogP contribution in [0.2, 0.25) is 0 Å². The number of aliphatic hydroxyl groups is 1. The van der Waals surface area contributed by atoms with E-state index in [-0.39, 0.29) is 12.1 Å². The van der Waals surface area contributed by atoms with E-state index in [1.807, 2.05) is 0 Å². The molecule has 0 bridgehead atoms. The van der Waals surface area contributed by atoms with E-state index >= 15 is 0 Å². The molecule has 0 radical (unpaired) electrons. The van der Waals surface area contributed by atoms with Gasteiger partial charge in [-0.05, 0) is 33.4 Å². The molecule has 0 spiro atoms. The van der Waals surface area contributed by atoms with Gasteiger partial charge in [0, 0.05) is 17.6 Å². The SMILES string of the molecule is CC(C)NC1(CO)CCC(N(C)C)C1. The maximum absolute atomic E-state index is 9.48. The highest BCUT2D eigenvalue weighted by atomic mass is 16.3. The van der Waals surface area contributed by atoms with E-state index in [1.165, 1.54) is 6.42 Å². The Morgan fingerprint density at radius 1 is 1.50 bits per heavy atom. The molecule has 0 aliphatic heterocycles. The molecule has 1 saturated carbocycles. The number of rotatable bonds is 4. The lowest BCUT2D eigenvalue weighted by Gasteiger charge is -2.31. The molecule has 0 saturated heterocycles. The first-order valence-electron chi connectivity index (χ1n) is 5.54. The minimum Gasteiger partial charge on any atom is -0.394 e. The molecular formula is C11H24N2O. The summed E-state index contributed by atoms with van der Waals surface area (Å²) in [6.07, 6.45) is 3.34. The maximum Gasteiger partial charge on any atom is 0.0614 e. The summed E-state index contributed by atoms with van der Waals surface area (Å²) >= 11 is 0. The molecule has 2 N–H and O–H groups in total. The van der Waals surface area contributed by atoms with Gasteiger partial charge in [0.1, 0.15) is 0 Å². The molecule has 0 aromatic heterocycles. The summed E-state index contributed by atoms with van der Waals surface area (Å²) in [5, 5.41) is 13.0. The molecule has 14 heavy (non-hydrogen) atoms. The molecule has 84 valence electrons. The standard InChI is InChI=1S/C11H24N2O/c1-9(2)12-11(8-14)6-5-10(7-11)13(3)4/h9-10,12,14H,5-8H2,1-4H3. The van der Waals surface area contributed by atoms with Crippen molar-refractivity contribution >= 4 is 0 Å². The van der Waals surface area contributed by atoms with Crippen molar-refractivity contribution in [3.63, 3.8) is 0 Å². The van der Waals surface area contributed by atoms with Crippen molar-refractivity contribution in [3.8, 4) is 0 Å². The number of hydrogen-bond donors (Lipinski definition) is 2. The Bertz CT molecular complexity index is 182. The van der Waals surface area contributed by atoms with Crippen LogP contribution in [0, 0.1) is 0 Å². The van der Waals surface area contributed by atoms with Crippen LogP contribution in [0.5, 0.6) is 0 Å². The predicted molar refractivity (Wildman–Crippen MR) is 59.4 cm³/mol. The molecule has 3 heteroatoms. The molecule has 0 aromatic carbocycles. The second-order valence-electron chi connectivity index (χ2n) is 5.10. The zero-order valence-corrected chi connectivity index (χ0v) is 9.88. The van der Waals surface area contributed by atoms with Gasteiger partial charge in [-0.3, -0.25) is 0 Å². The van der Waals surface area contributed by atoms with Gasteiger partial charge in [-0.15, -0.1) is 0 Å². The fourth-order valence-electron chi connectivity index (χ4n) is 2.47. The molecule has 1 fully saturated rings. The molecule has 0 aromatic rings. The topological polar surface area (TPSA) is 35.5 Å². The fraction of sp³-hybridized carbons (Fsp3) is 1.00. The summed E-state index contributed by atoms with van der Waals surface area (Å²) in [5.41, 5.74) is -0.0247. The zero-order valence-electron chi connectivity index (χ0n) is 9.88. The van der Waals surface area contributed by atoms with Gasteiger partial charge >= 0.3 is 0 Å². The summed E-state index contributed by atoms with van der Waals surface area (Å²) in [6, 6.07) is 1.07. The van der Waals surface area contributed by atoms with Gasteiger partial charge in [-0.1, -0.05) is 13.8 Å². The summed E-state index contributed by atoms with van der Waals surface area (Å²) in [7, 11) is 4.24. The predicted octanol–water partition coefficient (Wildman–Crippen LogP) is 0.830. The zero-order chi connectivity index (χ0) is 10.8. The molecule has 3 nitrogen and oxygen atoms in total. The Kier molecular flexibility index (Phi) is 3.93. The largest absolute Gasteiger partial charge is 0.394 e. The lowest BCUT2D eigenvalue weighted by Crippen LogP contribution is -2.50. The van der Waals surface area contributed by atoms with E-state index in [0.29, 0.717) is 12.1 Å². The second kappa shape index (κ2) is 4.60. The van der Waals surface area contributed by atoms with Crippen molar-refractivity contribution in [2.45, 2.75) is 50.7 Å². The Morgan fingerprint density at radius 3 is 2.50 bits per heavy atom. The van der Waals surface area contributed by atoms with Gasteiger partial charge in [-0.25, -0.2) is 0 Å². The highest BCUT2D eigenvalue weighted by Crippen LogP contribution is 2.32. The molecule has 2 unspecified atom stereocenters. The van der Waals surface area contributed by atoms with Crippen LogP contribution in [0.25, 0.3) is 0 Å². The quantitative estimate of drug-likeness (QED) is 0.705. The number of aliphatic hydroxyl groups excluding tert-OH is 1. The average Bonchev–Trinajstić information content (AvgIpc) is 2.49. The first-order chi connectivity index (χ1) is 6.49. The minimum absolute atomic E-state index is 0.0247. The van der Waals surface area contributed by atoms with Crippen molar-refractivity contribution in [1.82, 2.24) is 10.2 Å². The minimum atomic E-state index is -0.0247. The van der Waals surface area contributed by atoms with E-state index in [2.05, 4.69) is 38.2 Å². The summed E-state index contributed by atoms with van der Waals surface area (Å²) < 4.78 is 0. The van der Waals surface area contributed by atoms with E-state index in [4.69, 9.17) is 0 Å². The summed E-state index contributed by atoms with van der Waals surface area (Å²) in [6.45, 7) is 4.54. The monoisotopic (exact) mass is 200 g/mol. The number of nitrogens with one attached hydrogen (secondary N) is 1. The summed E-state index contributed by atoms with van der Waals surface area (Å²) in [5.74, 6) is 0. The van der Waals surface area contributed by atoms with Crippen molar-refractivity contribution in [3.05, 3.63) is 0 Å². The van der Waals surface area contributed by atoms with E-state index < -0.39 is 0 Å². The van der Waals surface area contributed by atoms with Gasteiger partial charge < -0.3 is 15.3 Å². The molecular weight excluding hydrogens is 176 g/mol. The maximum atomic E-state index is 9.48. The smallest absolute Gasteiger partial charge is 0.0614 e. The van der Waals surface area contributed by atoms with Crippen molar-refractivity contribution in [1.29, 1.82) is 0 Å². The lowest BCUT2D eigenvalue weighted by molar-refractivity contribution is 0.146. The Hall–Kier alpha value is -0.120. The van der Waals surface area contributed by atoms with E-state index in [1.54, 1.807) is 0 Å². The average molecular weight is 200 g/mol. The first kappa shape index (κ1) is 12.0. The highest BCUT2D eigenvalue weighted by molar-refractivity contribution is 4.99. The van der Waals surface area contributed by atoms with Crippen LogP contribution in [0.4, 0.5) is 0 Å². The summed E-state index contributed by atoms with van der Waals surface area (Å²) in [4.78, 5) is 2.26. The van der Waals surface area contributed by atoms with Crippen LogP contribution in [-0.4, -0.2) is 48.3 Å². The molecule has 1 aliphatic rings. The van der Waals surface area contributed by atoms with Crippen molar-refractivity contribution in [2.24, 2.45) is 0 Å². The first-order valence-corrected chi connectivity index (χ1v) is 5.54. The van der Waals surface area contributed by atoms with Crippen LogP contribution >= 0.6 is 0 Å². The lowest BCUT2D eigenvalue weighted by atomic mass is 9.97. The number of hydrogen-bond acceptors (Lipinski definition) is 3. The van der Waals surface area contributed by atoms with Crippen LogP contribution in [0.15, 0.2) is 0 Å². The van der Waals surface area contributed by atoms with Crippen molar-refractivity contribution in [2.75, 3.05) is 20.7 Å². The van der Waals surface area contributed by atoms with E-state index in [0.717, 1.165) is 12.8 Å². The Morgan fingerprint density at radius 2 is 2.14 bits per heavy atom. The van der Waals surface area contributed by atoms with Gasteiger partial charge in [0.05, 0.1) is 6.61 Å². The highest BCUT2D eigenvalue weighted by Gasteiger charge is 2.39. The van der Waals surface area contributed by atoms with Crippen LogP contribution in [0.3, 0.4) is 0 Å². The van der Waals surface area contributed by atoms with Crippen LogP contribution < -0.4 is 5.32 Å². The number of nitrogens with zero attached hydrogens (tertiary/aromatic N) is 1. The Balaban J connectivity index is 2.56. The normalized spacial score (nSPS) is 33.2. The van der Waals surface area contributed by atoms with Crippen molar-refractivity contribution < 1.29 is 5.11 Å². The fourth-order valence-corrected chi connectivity index (χ4v) is 2.47.